The Bertz CT molecular complexity index is 473. The highest BCUT2D eigenvalue weighted by atomic mass is 79.9. The fraction of sp³-hybridized carbons (Fsp3) is 0.696. The van der Waals surface area contributed by atoms with Crippen molar-refractivity contribution in [3.05, 3.63) is 29.8 Å². The van der Waals surface area contributed by atoms with Crippen molar-refractivity contribution in [2.45, 2.75) is 90.4 Å². The molecule has 0 atom stereocenters. The summed E-state index contributed by atoms with van der Waals surface area (Å²) in [5.41, 5.74) is 0.680. The molecule has 148 valence electrons. The number of carbonyl (C=O) groups is 1. The normalized spacial score (nSPS) is 10.8. The molecular weight excluding hydrogens is 388 g/mol. The van der Waals surface area contributed by atoms with E-state index in [1.165, 1.54) is 77.0 Å². The third-order valence-electron chi connectivity index (χ3n) is 4.81. The van der Waals surface area contributed by atoms with Gasteiger partial charge in [-0.25, -0.2) is 0 Å². The summed E-state index contributed by atoms with van der Waals surface area (Å²) in [6.45, 7) is 2.97. The van der Waals surface area contributed by atoms with Crippen LogP contribution in [0.5, 0.6) is 5.75 Å². The number of rotatable bonds is 17. The lowest BCUT2D eigenvalue weighted by molar-refractivity contribution is 0.101. The van der Waals surface area contributed by atoms with Gasteiger partial charge in [-0.2, -0.15) is 0 Å². The molecule has 0 fully saturated rings. The maximum atomic E-state index is 11.9. The predicted molar refractivity (Wildman–Crippen MR) is 116 cm³/mol. The van der Waals surface area contributed by atoms with Crippen LogP contribution in [0.4, 0.5) is 0 Å². The third-order valence-corrected chi connectivity index (χ3v) is 5.32. The van der Waals surface area contributed by atoms with Gasteiger partial charge in [-0.1, -0.05) is 112 Å². The van der Waals surface area contributed by atoms with Crippen LogP contribution < -0.4 is 4.74 Å². The van der Waals surface area contributed by atoms with Gasteiger partial charge in [0.25, 0.3) is 0 Å². The van der Waals surface area contributed by atoms with Crippen LogP contribution in [0.25, 0.3) is 0 Å². The average Bonchev–Trinajstić information content (AvgIpc) is 2.68. The first-order valence-electron chi connectivity index (χ1n) is 10.6. The Morgan fingerprint density at radius 2 is 1.31 bits per heavy atom. The van der Waals surface area contributed by atoms with Crippen LogP contribution in [0.1, 0.15) is 101 Å². The molecule has 0 aliphatic carbocycles. The van der Waals surface area contributed by atoms with Crippen LogP contribution >= 0.6 is 15.9 Å². The van der Waals surface area contributed by atoms with Gasteiger partial charge in [-0.05, 0) is 18.6 Å². The lowest BCUT2D eigenvalue weighted by Crippen LogP contribution is -2.05. The van der Waals surface area contributed by atoms with Gasteiger partial charge in [0.15, 0.2) is 5.78 Å². The summed E-state index contributed by atoms with van der Waals surface area (Å²) >= 11 is 3.23. The minimum atomic E-state index is 0.0750. The van der Waals surface area contributed by atoms with Crippen molar-refractivity contribution < 1.29 is 9.53 Å². The Morgan fingerprint density at radius 1 is 0.808 bits per heavy atom. The summed E-state index contributed by atoms with van der Waals surface area (Å²) in [7, 11) is 0. The van der Waals surface area contributed by atoms with Gasteiger partial charge in [0, 0.05) is 0 Å². The molecule has 0 radical (unpaired) electrons. The number of ketones is 1. The Morgan fingerprint density at radius 3 is 1.85 bits per heavy atom. The third kappa shape index (κ3) is 11.0. The predicted octanol–water partition coefficient (Wildman–Crippen LogP) is 7.73. The van der Waals surface area contributed by atoms with Gasteiger partial charge < -0.3 is 4.74 Å². The fourth-order valence-corrected chi connectivity index (χ4v) is 3.50. The Labute approximate surface area is 169 Å². The summed E-state index contributed by atoms with van der Waals surface area (Å²) in [6.07, 6.45) is 17.5. The number of benzene rings is 1. The van der Waals surface area contributed by atoms with E-state index in [-0.39, 0.29) is 5.78 Å². The maximum absolute atomic E-state index is 11.9. The van der Waals surface area contributed by atoms with E-state index in [1.807, 2.05) is 24.3 Å². The zero-order valence-corrected chi connectivity index (χ0v) is 18.2. The van der Waals surface area contributed by atoms with Crippen molar-refractivity contribution in [1.82, 2.24) is 0 Å². The largest absolute Gasteiger partial charge is 0.493 e. The van der Waals surface area contributed by atoms with Gasteiger partial charge in [0.1, 0.15) is 5.75 Å². The van der Waals surface area contributed by atoms with Crippen LogP contribution in [0.2, 0.25) is 0 Å². The second-order valence-electron chi connectivity index (χ2n) is 7.14. The molecule has 0 aliphatic heterocycles. The number of para-hydroxylation sites is 1. The molecule has 0 heterocycles. The van der Waals surface area contributed by atoms with E-state index in [1.54, 1.807) is 0 Å². The highest BCUT2D eigenvalue weighted by Crippen LogP contribution is 2.20. The number of carbonyl (C=O) groups excluding carboxylic acids is 1. The molecular formula is C23H37BrO2. The molecule has 3 heteroatoms. The molecule has 0 spiro atoms. The van der Waals surface area contributed by atoms with Crippen molar-refractivity contribution in [3.8, 4) is 5.75 Å². The van der Waals surface area contributed by atoms with Gasteiger partial charge in [0.05, 0.1) is 17.5 Å². The highest BCUT2D eigenvalue weighted by Gasteiger charge is 2.10. The first-order chi connectivity index (χ1) is 12.8. The maximum Gasteiger partial charge on any atom is 0.177 e. The van der Waals surface area contributed by atoms with Crippen LogP contribution in [-0.2, 0) is 0 Å². The average molecular weight is 425 g/mol. The van der Waals surface area contributed by atoms with E-state index in [9.17, 15) is 4.79 Å². The molecule has 0 N–H and O–H groups in total. The molecule has 26 heavy (non-hydrogen) atoms. The first-order valence-corrected chi connectivity index (χ1v) is 11.7. The minimum absolute atomic E-state index is 0.0750. The number of hydrogen-bond donors (Lipinski definition) is 0. The summed E-state index contributed by atoms with van der Waals surface area (Å²) in [4.78, 5) is 11.9. The number of alkyl halides is 1. The molecule has 1 aromatic carbocycles. The van der Waals surface area contributed by atoms with Crippen molar-refractivity contribution in [1.29, 1.82) is 0 Å². The second kappa shape index (κ2) is 16.4. The van der Waals surface area contributed by atoms with Gasteiger partial charge in [-0.3, -0.25) is 4.79 Å². The lowest BCUT2D eigenvalue weighted by Gasteiger charge is -2.10. The van der Waals surface area contributed by atoms with Crippen molar-refractivity contribution in [3.63, 3.8) is 0 Å². The minimum Gasteiger partial charge on any atom is -0.493 e. The monoisotopic (exact) mass is 424 g/mol. The number of hydrogen-bond acceptors (Lipinski definition) is 2. The molecule has 0 saturated carbocycles. The van der Waals surface area contributed by atoms with Crippen LogP contribution in [0, 0.1) is 0 Å². The van der Waals surface area contributed by atoms with E-state index in [0.29, 0.717) is 17.5 Å². The molecule has 0 aliphatic rings. The second-order valence-corrected chi connectivity index (χ2v) is 7.70. The standard InChI is InChI=1S/C23H37BrO2/c1-2-3-4-5-6-7-8-9-10-11-12-13-16-19-26-23-18-15-14-17-21(23)22(25)20-24/h14-15,17-18H,2-13,16,19-20H2,1H3. The zero-order valence-electron chi connectivity index (χ0n) is 16.6. The molecule has 1 rings (SSSR count). The van der Waals surface area contributed by atoms with Crippen LogP contribution in [-0.4, -0.2) is 17.7 Å². The van der Waals surface area contributed by atoms with Gasteiger partial charge in [0.2, 0.25) is 0 Å². The van der Waals surface area contributed by atoms with Crippen molar-refractivity contribution >= 4 is 21.7 Å². The Kier molecular flexibility index (Phi) is 14.6. The van der Waals surface area contributed by atoms with Crippen molar-refractivity contribution in [2.24, 2.45) is 0 Å². The van der Waals surface area contributed by atoms with Gasteiger partial charge in [-0.15, -0.1) is 0 Å². The van der Waals surface area contributed by atoms with Crippen LogP contribution in [0.15, 0.2) is 24.3 Å². The Balaban J connectivity index is 1.95. The number of ether oxygens (including phenoxy) is 1. The van der Waals surface area contributed by atoms with Gasteiger partial charge >= 0.3 is 0 Å². The molecule has 0 amide bonds. The number of halogens is 1. The molecule has 0 saturated heterocycles. The van der Waals surface area contributed by atoms with E-state index in [2.05, 4.69) is 22.9 Å². The first kappa shape index (κ1) is 23.2. The van der Waals surface area contributed by atoms with E-state index >= 15 is 0 Å². The lowest BCUT2D eigenvalue weighted by atomic mass is 10.0. The number of Topliss-reactive ketones (excluding diaryl/α,β-unsaturated/α-hetero) is 1. The summed E-state index contributed by atoms with van der Waals surface area (Å²) in [5, 5.41) is 0.339. The summed E-state index contributed by atoms with van der Waals surface area (Å²) in [5.74, 6) is 0.793. The summed E-state index contributed by atoms with van der Waals surface area (Å²) in [6, 6.07) is 7.53. The van der Waals surface area contributed by atoms with Crippen molar-refractivity contribution in [2.75, 3.05) is 11.9 Å². The summed E-state index contributed by atoms with van der Waals surface area (Å²) < 4.78 is 5.82. The quantitative estimate of drug-likeness (QED) is 0.145. The molecule has 2 nitrogen and oxygen atoms in total. The fourth-order valence-electron chi connectivity index (χ4n) is 3.20. The molecule has 1 aromatic rings. The van der Waals surface area contributed by atoms with E-state index in [4.69, 9.17) is 4.74 Å². The number of unbranched alkanes of at least 4 members (excludes halogenated alkanes) is 12. The zero-order chi connectivity index (χ0) is 18.9. The molecule has 0 bridgehead atoms. The highest BCUT2D eigenvalue weighted by molar-refractivity contribution is 9.09. The smallest absolute Gasteiger partial charge is 0.177 e. The Hall–Kier alpha value is -0.830. The SMILES string of the molecule is CCCCCCCCCCCCCCCOc1ccccc1C(=O)CBr. The topological polar surface area (TPSA) is 26.3 Å². The molecule has 0 aromatic heterocycles. The van der Waals surface area contributed by atoms with E-state index < -0.39 is 0 Å². The van der Waals surface area contributed by atoms with E-state index in [0.717, 1.165) is 12.2 Å². The molecule has 0 unspecified atom stereocenters. The van der Waals surface area contributed by atoms with Crippen LogP contribution in [0.3, 0.4) is 0 Å².